The summed E-state index contributed by atoms with van der Waals surface area (Å²) in [7, 11) is 0. The summed E-state index contributed by atoms with van der Waals surface area (Å²) in [5.41, 5.74) is 0. The first kappa shape index (κ1) is 57.3. The van der Waals surface area contributed by atoms with Crippen LogP contribution in [0.15, 0.2) is 97.2 Å². The quantitative estimate of drug-likeness (QED) is 0.0263. The van der Waals surface area contributed by atoms with E-state index in [2.05, 4.69) is 118 Å². The molecule has 0 aromatic heterocycles. The molecule has 6 heteroatoms. The van der Waals surface area contributed by atoms with Gasteiger partial charge >= 0.3 is 17.9 Å². The molecule has 6 nitrogen and oxygen atoms in total. The molecule has 0 aliphatic carbocycles. The van der Waals surface area contributed by atoms with Crippen LogP contribution in [0.5, 0.6) is 0 Å². The van der Waals surface area contributed by atoms with Gasteiger partial charge in [0.1, 0.15) is 13.2 Å². The van der Waals surface area contributed by atoms with Crippen LogP contribution in [0, 0.1) is 0 Å². The third-order valence-corrected chi connectivity index (χ3v) is 10.0. The average Bonchev–Trinajstić information content (AvgIpc) is 3.26. The van der Waals surface area contributed by atoms with E-state index in [-0.39, 0.29) is 37.5 Å². The number of rotatable bonds is 43. The molecule has 0 N–H and O–H groups in total. The standard InChI is InChI=1S/C55H90O6/c1-4-7-10-13-16-19-22-24-26-27-29-30-33-36-39-42-45-48-54(57)60-51-52(50-59-53(56)47-44-41-38-35-32-21-18-15-12-9-6-3)61-55(58)49-46-43-40-37-34-31-28-25-23-20-17-14-11-8-5-2/h7,10,15-20,24-26,28-30,34,37,52H,4-6,8-9,11-14,21-23,27,31-33,35-36,38-51H2,1-3H3/b10-7-,18-15-,19-16-,20-17-,26-24-,28-25-,30-29-,37-34-/t52-/m0/s1. The van der Waals surface area contributed by atoms with Crippen LogP contribution in [0.3, 0.4) is 0 Å². The largest absolute Gasteiger partial charge is 0.462 e. The minimum Gasteiger partial charge on any atom is -0.462 e. The van der Waals surface area contributed by atoms with Crippen molar-refractivity contribution in [2.24, 2.45) is 0 Å². The van der Waals surface area contributed by atoms with Crippen molar-refractivity contribution < 1.29 is 28.6 Å². The molecule has 0 heterocycles. The zero-order chi connectivity index (χ0) is 44.4. The lowest BCUT2D eigenvalue weighted by Gasteiger charge is -2.18. The first-order valence-corrected chi connectivity index (χ1v) is 24.7. The van der Waals surface area contributed by atoms with Crippen LogP contribution in [0.4, 0.5) is 0 Å². The fourth-order valence-corrected chi connectivity index (χ4v) is 6.30. The van der Waals surface area contributed by atoms with Crippen LogP contribution in [0.25, 0.3) is 0 Å². The second kappa shape index (κ2) is 49.0. The fourth-order valence-electron chi connectivity index (χ4n) is 6.30. The average molecular weight is 847 g/mol. The lowest BCUT2D eigenvalue weighted by molar-refractivity contribution is -0.167. The van der Waals surface area contributed by atoms with Crippen LogP contribution in [-0.4, -0.2) is 37.2 Å². The summed E-state index contributed by atoms with van der Waals surface area (Å²) in [6, 6.07) is 0. The van der Waals surface area contributed by atoms with E-state index in [1.807, 2.05) is 0 Å². The molecule has 0 saturated carbocycles. The highest BCUT2D eigenvalue weighted by atomic mass is 16.6. The van der Waals surface area contributed by atoms with Gasteiger partial charge in [-0.15, -0.1) is 0 Å². The van der Waals surface area contributed by atoms with E-state index in [9.17, 15) is 14.4 Å². The molecule has 346 valence electrons. The van der Waals surface area contributed by atoms with Gasteiger partial charge in [0.05, 0.1) is 0 Å². The van der Waals surface area contributed by atoms with Gasteiger partial charge in [0.15, 0.2) is 6.10 Å². The van der Waals surface area contributed by atoms with Crippen molar-refractivity contribution in [3.05, 3.63) is 97.2 Å². The molecule has 1 atom stereocenters. The molecule has 0 aromatic rings. The first-order chi connectivity index (χ1) is 30.0. The maximum absolute atomic E-state index is 12.8. The topological polar surface area (TPSA) is 78.9 Å². The number of ether oxygens (including phenoxy) is 3. The first-order valence-electron chi connectivity index (χ1n) is 24.7. The van der Waals surface area contributed by atoms with E-state index in [1.54, 1.807) is 0 Å². The molecule has 0 fully saturated rings. The minimum atomic E-state index is -0.810. The Hall–Kier alpha value is -3.67. The van der Waals surface area contributed by atoms with Crippen LogP contribution < -0.4 is 0 Å². The van der Waals surface area contributed by atoms with E-state index in [1.165, 1.54) is 51.4 Å². The summed E-state index contributed by atoms with van der Waals surface area (Å²) in [4.78, 5) is 37.9. The van der Waals surface area contributed by atoms with Crippen LogP contribution in [0.2, 0.25) is 0 Å². The third kappa shape index (κ3) is 47.2. The number of hydrogen-bond acceptors (Lipinski definition) is 6. The number of esters is 3. The van der Waals surface area contributed by atoms with Gasteiger partial charge in [0, 0.05) is 19.3 Å². The molecule has 0 saturated heterocycles. The van der Waals surface area contributed by atoms with Gasteiger partial charge in [-0.05, 0) is 116 Å². The van der Waals surface area contributed by atoms with Crippen molar-refractivity contribution >= 4 is 17.9 Å². The predicted molar refractivity (Wildman–Crippen MR) is 260 cm³/mol. The lowest BCUT2D eigenvalue weighted by atomic mass is 10.1. The van der Waals surface area contributed by atoms with Crippen LogP contribution in [-0.2, 0) is 28.6 Å². The van der Waals surface area contributed by atoms with Gasteiger partial charge in [-0.25, -0.2) is 0 Å². The summed E-state index contributed by atoms with van der Waals surface area (Å²) < 4.78 is 16.7. The van der Waals surface area contributed by atoms with E-state index in [0.29, 0.717) is 19.3 Å². The highest BCUT2D eigenvalue weighted by molar-refractivity contribution is 5.71. The molecule has 0 radical (unpaired) electrons. The molecule has 0 spiro atoms. The Balaban J connectivity index is 4.50. The van der Waals surface area contributed by atoms with Gasteiger partial charge in [0.2, 0.25) is 0 Å². The van der Waals surface area contributed by atoms with Crippen molar-refractivity contribution in [2.75, 3.05) is 13.2 Å². The summed E-state index contributed by atoms with van der Waals surface area (Å²) in [5.74, 6) is -0.986. The Morgan fingerprint density at radius 3 is 1.10 bits per heavy atom. The van der Waals surface area contributed by atoms with Crippen molar-refractivity contribution in [3.63, 3.8) is 0 Å². The van der Waals surface area contributed by atoms with Gasteiger partial charge in [0.25, 0.3) is 0 Å². The van der Waals surface area contributed by atoms with Crippen LogP contribution >= 0.6 is 0 Å². The lowest BCUT2D eigenvalue weighted by Crippen LogP contribution is -2.30. The second-order valence-electron chi connectivity index (χ2n) is 16.0. The molecular formula is C55H90O6. The number of carbonyl (C=O) groups excluding carboxylic acids is 3. The van der Waals surface area contributed by atoms with E-state index >= 15 is 0 Å². The SMILES string of the molecule is CC/C=C\C/C=C\C/C=C\C/C=C\CCCCCCC(=O)OC[C@H](COC(=O)CCCCCCC/C=C\CCCC)OC(=O)CCCC/C=C\C/C=C\C/C=C\CCCCC. The molecule has 0 unspecified atom stereocenters. The Morgan fingerprint density at radius 2 is 0.656 bits per heavy atom. The monoisotopic (exact) mass is 847 g/mol. The van der Waals surface area contributed by atoms with E-state index in [4.69, 9.17) is 14.2 Å². The highest BCUT2D eigenvalue weighted by Crippen LogP contribution is 2.12. The van der Waals surface area contributed by atoms with Gasteiger partial charge in [-0.1, -0.05) is 176 Å². The molecule has 0 amide bonds. The molecule has 0 aromatic carbocycles. The smallest absolute Gasteiger partial charge is 0.306 e. The summed E-state index contributed by atoms with van der Waals surface area (Å²) in [5, 5.41) is 0. The molecule has 0 rings (SSSR count). The maximum atomic E-state index is 12.8. The Bertz CT molecular complexity index is 1250. The zero-order valence-electron chi connectivity index (χ0n) is 39.4. The number of hydrogen-bond donors (Lipinski definition) is 0. The maximum Gasteiger partial charge on any atom is 0.306 e. The second-order valence-corrected chi connectivity index (χ2v) is 16.0. The predicted octanol–water partition coefficient (Wildman–Crippen LogP) is 16.2. The number of unbranched alkanes of at least 4 members (excludes halogenated alkanes) is 16. The normalized spacial score (nSPS) is 12.9. The van der Waals surface area contributed by atoms with Crippen molar-refractivity contribution in [1.82, 2.24) is 0 Å². The highest BCUT2D eigenvalue weighted by Gasteiger charge is 2.19. The van der Waals surface area contributed by atoms with Gasteiger partial charge in [-0.2, -0.15) is 0 Å². The molecule has 0 aliphatic heterocycles. The molecule has 0 aliphatic rings. The van der Waals surface area contributed by atoms with E-state index in [0.717, 1.165) is 116 Å². The minimum absolute atomic E-state index is 0.107. The summed E-state index contributed by atoms with van der Waals surface area (Å²) in [6.07, 6.45) is 63.9. The Labute approximate surface area is 375 Å². The van der Waals surface area contributed by atoms with Crippen molar-refractivity contribution in [1.29, 1.82) is 0 Å². The summed E-state index contributed by atoms with van der Waals surface area (Å²) >= 11 is 0. The summed E-state index contributed by atoms with van der Waals surface area (Å²) in [6.45, 7) is 6.38. The number of carbonyl (C=O) groups is 3. The Kier molecular flexibility index (Phi) is 46.0. The molecular weight excluding hydrogens is 757 g/mol. The number of allylic oxidation sites excluding steroid dienone is 16. The zero-order valence-corrected chi connectivity index (χ0v) is 39.4. The fraction of sp³-hybridized carbons (Fsp3) is 0.655. The van der Waals surface area contributed by atoms with Gasteiger partial charge < -0.3 is 14.2 Å². The van der Waals surface area contributed by atoms with Crippen LogP contribution in [0.1, 0.15) is 213 Å². The molecule has 61 heavy (non-hydrogen) atoms. The van der Waals surface area contributed by atoms with E-state index < -0.39 is 6.10 Å². The third-order valence-electron chi connectivity index (χ3n) is 10.0. The van der Waals surface area contributed by atoms with Crippen molar-refractivity contribution in [3.8, 4) is 0 Å². The van der Waals surface area contributed by atoms with Crippen molar-refractivity contribution in [2.45, 2.75) is 219 Å². The Morgan fingerprint density at radius 1 is 0.344 bits per heavy atom. The molecule has 0 bridgehead atoms. The van der Waals surface area contributed by atoms with Gasteiger partial charge in [-0.3, -0.25) is 14.4 Å².